The van der Waals surface area contributed by atoms with Crippen molar-refractivity contribution in [1.29, 1.82) is 0 Å². The van der Waals surface area contributed by atoms with Crippen LogP contribution in [-0.4, -0.2) is 56.6 Å². The number of anilines is 1. The average molecular weight is 463 g/mol. The molecule has 176 valence electrons. The number of Topliss-reactive ketones (excluding diaryl/α,β-unsaturated/α-hetero) is 1. The second-order valence-corrected chi connectivity index (χ2v) is 8.81. The number of urea groups is 1. The van der Waals surface area contributed by atoms with Crippen LogP contribution in [0.4, 0.5) is 10.5 Å². The molecule has 2 aliphatic heterocycles. The first kappa shape index (κ1) is 21.9. The van der Waals surface area contributed by atoms with Gasteiger partial charge in [-0.1, -0.05) is 0 Å². The van der Waals surface area contributed by atoms with Crippen molar-refractivity contribution in [2.24, 2.45) is 0 Å². The van der Waals surface area contributed by atoms with Crippen LogP contribution >= 0.6 is 0 Å². The van der Waals surface area contributed by atoms with Gasteiger partial charge in [0.15, 0.2) is 11.4 Å². The molecule has 4 heterocycles. The summed E-state index contributed by atoms with van der Waals surface area (Å²) in [4.78, 5) is 59.7. The van der Waals surface area contributed by atoms with Crippen molar-refractivity contribution in [2.75, 3.05) is 18.4 Å². The molecule has 3 amide bonds. The predicted octanol–water partition coefficient (Wildman–Crippen LogP) is 2.83. The highest BCUT2D eigenvalue weighted by molar-refractivity contribution is 6.00. The number of amides is 3. The van der Waals surface area contributed by atoms with E-state index in [4.69, 9.17) is 4.42 Å². The Kier molecular flexibility index (Phi) is 5.64. The minimum atomic E-state index is -0.566. The molecule has 1 fully saturated rings. The van der Waals surface area contributed by atoms with E-state index in [-0.39, 0.29) is 36.6 Å². The number of nitrogens with zero attached hydrogens (tertiary/aromatic N) is 3. The highest BCUT2D eigenvalue weighted by Crippen LogP contribution is 2.27. The molecule has 1 saturated heterocycles. The molecule has 0 bridgehead atoms. The average Bonchev–Trinajstić information content (AvgIpc) is 3.23. The van der Waals surface area contributed by atoms with E-state index in [0.717, 1.165) is 16.8 Å². The number of H-pyrrole nitrogens is 1. The zero-order chi connectivity index (χ0) is 23.8. The summed E-state index contributed by atoms with van der Waals surface area (Å²) in [5.74, 6) is -0.811. The third kappa shape index (κ3) is 4.18. The summed E-state index contributed by atoms with van der Waals surface area (Å²) in [6.07, 6.45) is 4.98. The molecule has 0 spiro atoms. The van der Waals surface area contributed by atoms with Crippen molar-refractivity contribution in [1.82, 2.24) is 19.8 Å². The van der Waals surface area contributed by atoms with E-state index in [1.165, 1.54) is 6.07 Å². The van der Waals surface area contributed by atoms with E-state index in [1.807, 2.05) is 4.90 Å². The topological polar surface area (TPSA) is 129 Å². The molecule has 10 heteroatoms. The Morgan fingerprint density at radius 3 is 2.76 bits per heavy atom. The van der Waals surface area contributed by atoms with E-state index < -0.39 is 5.76 Å². The Morgan fingerprint density at radius 2 is 1.97 bits per heavy atom. The van der Waals surface area contributed by atoms with Gasteiger partial charge in [-0.05, 0) is 43.5 Å². The van der Waals surface area contributed by atoms with Gasteiger partial charge in [0.1, 0.15) is 0 Å². The minimum Gasteiger partial charge on any atom is -0.408 e. The van der Waals surface area contributed by atoms with Crippen LogP contribution in [-0.2, 0) is 11.3 Å². The summed E-state index contributed by atoms with van der Waals surface area (Å²) in [6, 6.07) is 4.95. The van der Waals surface area contributed by atoms with Crippen LogP contribution in [0.15, 0.2) is 39.8 Å². The molecule has 5 rings (SSSR count). The van der Waals surface area contributed by atoms with Gasteiger partial charge in [-0.3, -0.25) is 19.6 Å². The van der Waals surface area contributed by atoms with Crippen LogP contribution in [0.2, 0.25) is 0 Å². The molecule has 34 heavy (non-hydrogen) atoms. The van der Waals surface area contributed by atoms with Crippen LogP contribution in [0.1, 0.15) is 47.2 Å². The highest BCUT2D eigenvalue weighted by Gasteiger charge is 2.32. The maximum absolute atomic E-state index is 12.7. The van der Waals surface area contributed by atoms with Gasteiger partial charge in [0.05, 0.1) is 17.7 Å². The summed E-state index contributed by atoms with van der Waals surface area (Å²) in [5.41, 5.74) is 3.84. The quantitative estimate of drug-likeness (QED) is 0.560. The number of rotatable bonds is 5. The Bertz CT molecular complexity index is 1340. The van der Waals surface area contributed by atoms with E-state index in [2.05, 4.69) is 15.3 Å². The van der Waals surface area contributed by atoms with Gasteiger partial charge in [-0.2, -0.15) is 0 Å². The van der Waals surface area contributed by atoms with Gasteiger partial charge in [0.2, 0.25) is 5.91 Å². The van der Waals surface area contributed by atoms with Crippen molar-refractivity contribution in [3.8, 4) is 0 Å². The maximum atomic E-state index is 12.7. The van der Waals surface area contributed by atoms with Gasteiger partial charge in [-0.15, -0.1) is 0 Å². The van der Waals surface area contributed by atoms with Gasteiger partial charge in [0, 0.05) is 55.5 Å². The lowest BCUT2D eigenvalue weighted by molar-refractivity contribution is -0.132. The first-order valence-corrected chi connectivity index (χ1v) is 11.3. The van der Waals surface area contributed by atoms with Crippen LogP contribution in [0.5, 0.6) is 0 Å². The standard InChI is InChI=1S/C24H25N5O5/c1-14-10-15(11-20-22(14)27-24(33)34-20)19(30)2-3-21(31)28-8-5-17(6-9-28)29-13-16-12-25-7-4-18(16)26-23(29)32/h4,7,10-12,17H,2-3,5-6,8-9,13H2,1H3,(H,26,32)(H,27,33). The predicted molar refractivity (Wildman–Crippen MR) is 124 cm³/mol. The number of pyridine rings is 1. The Labute approximate surface area is 194 Å². The molecule has 10 nitrogen and oxygen atoms in total. The fraction of sp³-hybridized carbons (Fsp3) is 0.375. The van der Waals surface area contributed by atoms with Crippen molar-refractivity contribution < 1.29 is 18.8 Å². The van der Waals surface area contributed by atoms with E-state index >= 15 is 0 Å². The molecule has 0 radical (unpaired) electrons. The molecule has 0 atom stereocenters. The molecule has 2 aliphatic rings. The van der Waals surface area contributed by atoms with E-state index in [1.54, 1.807) is 36.4 Å². The Balaban J connectivity index is 1.15. The summed E-state index contributed by atoms with van der Waals surface area (Å²) in [6.45, 7) is 3.38. The van der Waals surface area contributed by atoms with Gasteiger partial charge >= 0.3 is 11.8 Å². The zero-order valence-electron chi connectivity index (χ0n) is 18.8. The number of likely N-dealkylation sites (tertiary alicyclic amines) is 1. The number of hydrogen-bond acceptors (Lipinski definition) is 6. The molecule has 0 unspecified atom stereocenters. The summed E-state index contributed by atoms with van der Waals surface area (Å²) in [7, 11) is 0. The summed E-state index contributed by atoms with van der Waals surface area (Å²) < 4.78 is 5.07. The van der Waals surface area contributed by atoms with Gasteiger partial charge in [-0.25, -0.2) is 9.59 Å². The third-order valence-electron chi connectivity index (χ3n) is 6.62. The fourth-order valence-electron chi connectivity index (χ4n) is 4.75. The minimum absolute atomic E-state index is 0.0461. The highest BCUT2D eigenvalue weighted by atomic mass is 16.4. The zero-order valence-corrected chi connectivity index (χ0v) is 18.8. The van der Waals surface area contributed by atoms with E-state index in [9.17, 15) is 19.2 Å². The second kappa shape index (κ2) is 8.77. The Morgan fingerprint density at radius 1 is 1.18 bits per heavy atom. The van der Waals surface area contributed by atoms with E-state index in [0.29, 0.717) is 49.1 Å². The number of benzene rings is 1. The third-order valence-corrected chi connectivity index (χ3v) is 6.62. The number of nitrogens with one attached hydrogen (secondary N) is 2. The molecule has 0 saturated carbocycles. The number of aryl methyl sites for hydroxylation is 1. The molecule has 0 aliphatic carbocycles. The normalized spacial score (nSPS) is 16.4. The number of aromatic nitrogens is 2. The number of ketones is 1. The number of aromatic amines is 1. The SMILES string of the molecule is Cc1cc(C(=O)CCC(=O)N2CCC(N3Cc4cnccc4NC3=O)CC2)cc2oc(=O)[nH]c12. The van der Waals surface area contributed by atoms with Crippen molar-refractivity contribution in [3.05, 3.63) is 57.8 Å². The summed E-state index contributed by atoms with van der Waals surface area (Å²) >= 11 is 0. The number of fused-ring (bicyclic) bond motifs is 2. The molecular formula is C24H25N5O5. The number of piperidine rings is 1. The maximum Gasteiger partial charge on any atom is 0.417 e. The molecule has 3 aromatic rings. The molecule has 1 aromatic carbocycles. The molecule has 2 N–H and O–H groups in total. The molecular weight excluding hydrogens is 438 g/mol. The Hall–Kier alpha value is -3.95. The van der Waals surface area contributed by atoms with Crippen LogP contribution < -0.4 is 11.1 Å². The van der Waals surface area contributed by atoms with Gasteiger partial charge < -0.3 is 19.5 Å². The van der Waals surface area contributed by atoms with Gasteiger partial charge in [0.25, 0.3) is 0 Å². The second-order valence-electron chi connectivity index (χ2n) is 8.81. The fourth-order valence-corrected chi connectivity index (χ4v) is 4.75. The van der Waals surface area contributed by atoms with Crippen molar-refractivity contribution in [3.63, 3.8) is 0 Å². The lowest BCUT2D eigenvalue weighted by Crippen LogP contribution is -2.51. The van der Waals surface area contributed by atoms with Crippen molar-refractivity contribution >= 4 is 34.5 Å². The largest absolute Gasteiger partial charge is 0.417 e. The lowest BCUT2D eigenvalue weighted by atomic mass is 10.00. The smallest absolute Gasteiger partial charge is 0.408 e. The van der Waals surface area contributed by atoms with Crippen LogP contribution in [0.25, 0.3) is 11.1 Å². The van der Waals surface area contributed by atoms with Crippen LogP contribution in [0, 0.1) is 6.92 Å². The monoisotopic (exact) mass is 463 g/mol. The number of hydrogen-bond donors (Lipinski definition) is 2. The number of carbonyl (C=O) groups is 3. The number of carbonyl (C=O) groups excluding carboxylic acids is 3. The first-order valence-electron chi connectivity index (χ1n) is 11.3. The summed E-state index contributed by atoms with van der Waals surface area (Å²) in [5, 5.41) is 2.91. The van der Waals surface area contributed by atoms with Crippen LogP contribution in [0.3, 0.4) is 0 Å². The number of oxazole rings is 1. The first-order chi connectivity index (χ1) is 16.4. The molecule has 2 aromatic heterocycles. The lowest BCUT2D eigenvalue weighted by Gasteiger charge is -2.40. The van der Waals surface area contributed by atoms with Crippen molar-refractivity contribution in [2.45, 2.75) is 45.2 Å².